The number of aromatic nitrogens is 2. The number of nitrogens with one attached hydrogen (secondary N) is 1. The summed E-state index contributed by atoms with van der Waals surface area (Å²) in [5, 5.41) is 7.04. The van der Waals surface area contributed by atoms with Crippen molar-refractivity contribution in [1.29, 1.82) is 0 Å². The summed E-state index contributed by atoms with van der Waals surface area (Å²) < 4.78 is 24.6. The van der Waals surface area contributed by atoms with Gasteiger partial charge in [-0.25, -0.2) is 13.1 Å². The Bertz CT molecular complexity index is 562. The average Bonchev–Trinajstić information content (AvgIpc) is 2.81. The van der Waals surface area contributed by atoms with E-state index in [-0.39, 0.29) is 23.5 Å². The zero-order valence-corrected chi connectivity index (χ0v) is 11.3. The molecular weight excluding hydrogens is 254 g/mol. The summed E-state index contributed by atoms with van der Waals surface area (Å²) in [6.07, 6.45) is 0.936. The Morgan fingerprint density at radius 2 is 2.33 bits per heavy atom. The first-order valence-electron chi connectivity index (χ1n) is 5.97. The van der Waals surface area contributed by atoms with Gasteiger partial charge in [-0.2, -0.15) is 5.10 Å². The molecule has 7 heteroatoms. The standard InChI is InChI=1S/C11H17N3O3S/c1-3-11(15)12-10-6-8(2)13-14(10)9-4-5-18(16,17)7-9/h6,9H,3-5,7H2,1-2H3,(H,12,15). The first-order valence-corrected chi connectivity index (χ1v) is 7.80. The molecule has 1 aliphatic rings. The van der Waals surface area contributed by atoms with E-state index in [1.54, 1.807) is 17.7 Å². The predicted molar refractivity (Wildman–Crippen MR) is 68.2 cm³/mol. The van der Waals surface area contributed by atoms with Crippen molar-refractivity contribution < 1.29 is 13.2 Å². The van der Waals surface area contributed by atoms with Crippen molar-refractivity contribution in [1.82, 2.24) is 9.78 Å². The molecule has 1 N–H and O–H groups in total. The lowest BCUT2D eigenvalue weighted by atomic mass is 10.3. The van der Waals surface area contributed by atoms with Crippen LogP contribution < -0.4 is 5.32 Å². The van der Waals surface area contributed by atoms with Crippen molar-refractivity contribution in [2.75, 3.05) is 16.8 Å². The molecule has 2 heterocycles. The zero-order chi connectivity index (χ0) is 13.3. The monoisotopic (exact) mass is 271 g/mol. The highest BCUT2D eigenvalue weighted by Gasteiger charge is 2.31. The molecule has 0 aliphatic carbocycles. The molecule has 6 nitrogen and oxygen atoms in total. The van der Waals surface area contributed by atoms with E-state index < -0.39 is 9.84 Å². The van der Waals surface area contributed by atoms with Crippen LogP contribution in [0.1, 0.15) is 31.5 Å². The number of sulfone groups is 1. The van der Waals surface area contributed by atoms with Gasteiger partial charge in [0.1, 0.15) is 5.82 Å². The van der Waals surface area contributed by atoms with Crippen molar-refractivity contribution >= 4 is 21.6 Å². The molecule has 1 saturated heterocycles. The van der Waals surface area contributed by atoms with Crippen LogP contribution in [0.25, 0.3) is 0 Å². The van der Waals surface area contributed by atoms with E-state index in [4.69, 9.17) is 0 Å². The number of nitrogens with zero attached hydrogens (tertiary/aromatic N) is 2. The van der Waals surface area contributed by atoms with Gasteiger partial charge < -0.3 is 5.32 Å². The summed E-state index contributed by atoms with van der Waals surface area (Å²) >= 11 is 0. The van der Waals surface area contributed by atoms with Gasteiger partial charge in [0.2, 0.25) is 5.91 Å². The Hall–Kier alpha value is -1.37. The fourth-order valence-electron chi connectivity index (χ4n) is 2.09. The van der Waals surface area contributed by atoms with Gasteiger partial charge in [-0.3, -0.25) is 4.79 Å². The SMILES string of the molecule is CCC(=O)Nc1cc(C)nn1C1CCS(=O)(=O)C1. The molecular formula is C11H17N3O3S. The first-order chi connectivity index (χ1) is 8.41. The fraction of sp³-hybridized carbons (Fsp3) is 0.636. The molecule has 1 aliphatic heterocycles. The molecule has 0 radical (unpaired) electrons. The Kier molecular flexibility index (Phi) is 3.43. The molecule has 1 unspecified atom stereocenters. The third-order valence-corrected chi connectivity index (χ3v) is 4.75. The van der Waals surface area contributed by atoms with Crippen molar-refractivity contribution in [2.45, 2.75) is 32.7 Å². The minimum absolute atomic E-state index is 0.1000. The third kappa shape index (κ3) is 2.72. The van der Waals surface area contributed by atoms with Crippen LogP contribution in [0.3, 0.4) is 0 Å². The molecule has 2 rings (SSSR count). The van der Waals surface area contributed by atoms with Crippen LogP contribution in [-0.4, -0.2) is 35.6 Å². The normalized spacial score (nSPS) is 22.0. The molecule has 1 atom stereocenters. The molecule has 100 valence electrons. The van der Waals surface area contributed by atoms with E-state index in [0.29, 0.717) is 18.7 Å². The number of rotatable bonds is 3. The summed E-state index contributed by atoms with van der Waals surface area (Å²) in [7, 11) is -2.96. The first kappa shape index (κ1) is 13.1. The number of hydrogen-bond acceptors (Lipinski definition) is 4. The topological polar surface area (TPSA) is 81.1 Å². The van der Waals surface area contributed by atoms with Crippen LogP contribution in [0.15, 0.2) is 6.07 Å². The van der Waals surface area contributed by atoms with Crippen LogP contribution >= 0.6 is 0 Å². The van der Waals surface area contributed by atoms with Crippen LogP contribution in [-0.2, 0) is 14.6 Å². The summed E-state index contributed by atoms with van der Waals surface area (Å²) in [6.45, 7) is 3.59. The Morgan fingerprint density at radius 3 is 2.89 bits per heavy atom. The highest BCUT2D eigenvalue weighted by molar-refractivity contribution is 7.91. The molecule has 1 fully saturated rings. The van der Waals surface area contributed by atoms with E-state index in [1.807, 2.05) is 6.92 Å². The third-order valence-electron chi connectivity index (χ3n) is 3.00. The summed E-state index contributed by atoms with van der Waals surface area (Å²) in [5.41, 5.74) is 0.769. The number of aryl methyl sites for hydroxylation is 1. The second-order valence-corrected chi connectivity index (χ2v) is 6.80. The molecule has 1 amide bonds. The lowest BCUT2D eigenvalue weighted by Crippen LogP contribution is -2.18. The van der Waals surface area contributed by atoms with Crippen molar-refractivity contribution in [3.63, 3.8) is 0 Å². The predicted octanol–water partition coefficient (Wildman–Crippen LogP) is 0.900. The molecule has 0 aromatic carbocycles. The summed E-state index contributed by atoms with van der Waals surface area (Å²) in [4.78, 5) is 11.4. The van der Waals surface area contributed by atoms with Crippen LogP contribution in [0.5, 0.6) is 0 Å². The maximum atomic E-state index is 11.5. The smallest absolute Gasteiger partial charge is 0.225 e. The largest absolute Gasteiger partial charge is 0.311 e. The number of carbonyl (C=O) groups excluding carboxylic acids is 1. The number of hydrogen-bond donors (Lipinski definition) is 1. The van der Waals surface area contributed by atoms with E-state index in [2.05, 4.69) is 10.4 Å². The molecule has 0 bridgehead atoms. The van der Waals surface area contributed by atoms with Gasteiger partial charge in [0.25, 0.3) is 0 Å². The molecule has 0 spiro atoms. The van der Waals surface area contributed by atoms with Gasteiger partial charge in [-0.05, 0) is 13.3 Å². The van der Waals surface area contributed by atoms with Gasteiger partial charge in [0, 0.05) is 12.5 Å². The Balaban J connectivity index is 2.25. The van der Waals surface area contributed by atoms with Crippen LogP contribution in [0.2, 0.25) is 0 Å². The number of anilines is 1. The average molecular weight is 271 g/mol. The Labute approximate surface area is 106 Å². The maximum absolute atomic E-state index is 11.5. The van der Waals surface area contributed by atoms with E-state index in [9.17, 15) is 13.2 Å². The van der Waals surface area contributed by atoms with Gasteiger partial charge in [0.05, 0.1) is 23.2 Å². The van der Waals surface area contributed by atoms with Crippen molar-refractivity contribution in [3.05, 3.63) is 11.8 Å². The minimum Gasteiger partial charge on any atom is -0.311 e. The molecule has 18 heavy (non-hydrogen) atoms. The Morgan fingerprint density at radius 1 is 1.61 bits per heavy atom. The second kappa shape index (κ2) is 4.72. The minimum atomic E-state index is -2.96. The lowest BCUT2D eigenvalue weighted by molar-refractivity contribution is -0.115. The maximum Gasteiger partial charge on any atom is 0.225 e. The van der Waals surface area contributed by atoms with Gasteiger partial charge in [-0.15, -0.1) is 0 Å². The highest BCUT2D eigenvalue weighted by atomic mass is 32.2. The van der Waals surface area contributed by atoms with E-state index in [1.165, 1.54) is 0 Å². The fourth-order valence-corrected chi connectivity index (χ4v) is 3.78. The highest BCUT2D eigenvalue weighted by Crippen LogP contribution is 2.27. The number of amides is 1. The van der Waals surface area contributed by atoms with E-state index in [0.717, 1.165) is 5.69 Å². The summed E-state index contributed by atoms with van der Waals surface area (Å²) in [5.74, 6) is 0.777. The molecule has 0 saturated carbocycles. The van der Waals surface area contributed by atoms with Gasteiger partial charge >= 0.3 is 0 Å². The zero-order valence-electron chi connectivity index (χ0n) is 10.5. The van der Waals surface area contributed by atoms with Crippen molar-refractivity contribution in [3.8, 4) is 0 Å². The summed E-state index contributed by atoms with van der Waals surface area (Å²) in [6, 6.07) is 1.59. The molecule has 1 aromatic rings. The van der Waals surface area contributed by atoms with E-state index >= 15 is 0 Å². The lowest BCUT2D eigenvalue weighted by Gasteiger charge is -2.13. The van der Waals surface area contributed by atoms with Crippen molar-refractivity contribution in [2.24, 2.45) is 0 Å². The van der Waals surface area contributed by atoms with Crippen LogP contribution in [0.4, 0.5) is 5.82 Å². The molecule has 1 aromatic heterocycles. The van der Waals surface area contributed by atoms with Gasteiger partial charge in [-0.1, -0.05) is 6.92 Å². The second-order valence-electron chi connectivity index (χ2n) is 4.57. The number of carbonyl (C=O) groups is 1. The van der Waals surface area contributed by atoms with Gasteiger partial charge in [0.15, 0.2) is 9.84 Å². The van der Waals surface area contributed by atoms with Crippen LogP contribution in [0, 0.1) is 6.92 Å². The quantitative estimate of drug-likeness (QED) is 0.885.